The first-order valence-electron chi connectivity index (χ1n) is 8.16. The van der Waals surface area contributed by atoms with Gasteiger partial charge in [-0.3, -0.25) is 19.7 Å². The molecule has 0 heterocycles. The third kappa shape index (κ3) is 4.36. The summed E-state index contributed by atoms with van der Waals surface area (Å²) < 4.78 is 13.9. The second kappa shape index (κ2) is 8.09. The zero-order chi connectivity index (χ0) is 20.1. The molecule has 0 atom stereocenters. The lowest BCUT2D eigenvalue weighted by Crippen LogP contribution is -2.15. The van der Waals surface area contributed by atoms with Crippen LogP contribution < -0.4 is 10.6 Å². The Hall–Kier alpha value is -4.07. The van der Waals surface area contributed by atoms with Crippen LogP contribution in [-0.4, -0.2) is 16.7 Å². The summed E-state index contributed by atoms with van der Waals surface area (Å²) in [5.74, 6) is -1.81. The van der Waals surface area contributed by atoms with Crippen molar-refractivity contribution in [2.45, 2.75) is 0 Å². The molecule has 0 saturated heterocycles. The maximum Gasteiger partial charge on any atom is 0.271 e. The monoisotopic (exact) mass is 379 g/mol. The highest BCUT2D eigenvalue weighted by molar-refractivity contribution is 6.07. The highest BCUT2D eigenvalue weighted by Crippen LogP contribution is 2.22. The van der Waals surface area contributed by atoms with Gasteiger partial charge in [-0.25, -0.2) is 4.39 Å². The van der Waals surface area contributed by atoms with E-state index in [1.807, 2.05) is 0 Å². The molecule has 8 heteroatoms. The fourth-order valence-electron chi connectivity index (χ4n) is 2.45. The number of nitrogens with one attached hydrogen (secondary N) is 2. The molecule has 0 aliphatic heterocycles. The molecule has 0 unspecified atom stereocenters. The lowest BCUT2D eigenvalue weighted by molar-refractivity contribution is -0.384. The number of hydrogen-bond acceptors (Lipinski definition) is 4. The summed E-state index contributed by atoms with van der Waals surface area (Å²) in [5.41, 5.74) is 0.326. The number of nitrogens with zero attached hydrogens (tertiary/aromatic N) is 1. The van der Waals surface area contributed by atoms with Gasteiger partial charge in [-0.05, 0) is 36.4 Å². The zero-order valence-electron chi connectivity index (χ0n) is 14.4. The van der Waals surface area contributed by atoms with Gasteiger partial charge in [-0.15, -0.1) is 0 Å². The first-order chi connectivity index (χ1) is 13.4. The van der Waals surface area contributed by atoms with Gasteiger partial charge in [-0.2, -0.15) is 0 Å². The summed E-state index contributed by atoms with van der Waals surface area (Å²) in [7, 11) is 0. The minimum atomic E-state index is -0.799. The molecule has 0 fully saturated rings. The molecule has 0 aromatic heterocycles. The number of benzene rings is 3. The van der Waals surface area contributed by atoms with Crippen LogP contribution in [0.1, 0.15) is 20.7 Å². The first-order valence-corrected chi connectivity index (χ1v) is 8.16. The third-order valence-electron chi connectivity index (χ3n) is 3.83. The number of halogens is 1. The molecule has 2 N–H and O–H groups in total. The van der Waals surface area contributed by atoms with Gasteiger partial charge >= 0.3 is 0 Å². The highest BCUT2D eigenvalue weighted by atomic mass is 19.1. The molecule has 0 saturated carbocycles. The number of nitro groups is 1. The van der Waals surface area contributed by atoms with E-state index in [1.54, 1.807) is 42.5 Å². The van der Waals surface area contributed by atoms with Crippen LogP contribution in [-0.2, 0) is 0 Å². The Morgan fingerprint density at radius 2 is 1.50 bits per heavy atom. The van der Waals surface area contributed by atoms with Crippen molar-refractivity contribution in [3.63, 3.8) is 0 Å². The van der Waals surface area contributed by atoms with Crippen molar-refractivity contribution in [3.05, 3.63) is 99.9 Å². The molecule has 7 nitrogen and oxygen atoms in total. The van der Waals surface area contributed by atoms with Gasteiger partial charge in [0.1, 0.15) is 5.82 Å². The number of carbonyl (C=O) groups is 2. The van der Waals surface area contributed by atoms with E-state index in [0.29, 0.717) is 11.3 Å². The predicted octanol–water partition coefficient (Wildman–Crippen LogP) is 4.24. The molecule has 0 spiro atoms. The third-order valence-corrected chi connectivity index (χ3v) is 3.83. The maximum atomic E-state index is 13.9. The molecule has 0 bridgehead atoms. The second-order valence-electron chi connectivity index (χ2n) is 5.78. The van der Waals surface area contributed by atoms with Crippen LogP contribution in [0.25, 0.3) is 0 Å². The summed E-state index contributed by atoms with van der Waals surface area (Å²) in [6.07, 6.45) is 0. The van der Waals surface area contributed by atoms with Crippen molar-refractivity contribution in [1.82, 2.24) is 0 Å². The van der Waals surface area contributed by atoms with Gasteiger partial charge in [0, 0.05) is 28.9 Å². The molecule has 2 amide bonds. The average Bonchev–Trinajstić information content (AvgIpc) is 2.70. The first kappa shape index (κ1) is 18.7. The van der Waals surface area contributed by atoms with E-state index >= 15 is 0 Å². The van der Waals surface area contributed by atoms with Gasteiger partial charge in [0.2, 0.25) is 0 Å². The number of anilines is 2. The number of nitro benzene ring substituents is 1. The van der Waals surface area contributed by atoms with Gasteiger partial charge in [0.05, 0.1) is 10.6 Å². The SMILES string of the molecule is O=C(Nc1cccc(C(=O)Nc2cc([N+](=O)[O-])ccc2F)c1)c1ccccc1. The second-order valence-corrected chi connectivity index (χ2v) is 5.78. The van der Waals surface area contributed by atoms with Crippen molar-refractivity contribution in [2.75, 3.05) is 10.6 Å². The molecular weight excluding hydrogens is 365 g/mol. The van der Waals surface area contributed by atoms with Crippen LogP contribution in [0, 0.1) is 15.9 Å². The Kier molecular flexibility index (Phi) is 5.40. The summed E-state index contributed by atoms with van der Waals surface area (Å²) in [4.78, 5) is 34.7. The van der Waals surface area contributed by atoms with E-state index < -0.39 is 16.6 Å². The minimum absolute atomic E-state index is 0.150. The average molecular weight is 379 g/mol. The Labute approximate surface area is 159 Å². The van der Waals surface area contributed by atoms with Crippen molar-refractivity contribution in [3.8, 4) is 0 Å². The van der Waals surface area contributed by atoms with Crippen LogP contribution in [0.5, 0.6) is 0 Å². The molecule has 28 heavy (non-hydrogen) atoms. The minimum Gasteiger partial charge on any atom is -0.322 e. The van der Waals surface area contributed by atoms with Gasteiger partial charge in [-0.1, -0.05) is 24.3 Å². The lowest BCUT2D eigenvalue weighted by Gasteiger charge is -2.09. The topological polar surface area (TPSA) is 101 Å². The van der Waals surface area contributed by atoms with E-state index in [-0.39, 0.29) is 22.8 Å². The maximum absolute atomic E-state index is 13.9. The summed E-state index contributed by atoms with van der Waals surface area (Å²) in [6.45, 7) is 0. The molecular formula is C20H14FN3O4. The van der Waals surface area contributed by atoms with Gasteiger partial charge in [0.25, 0.3) is 17.5 Å². The van der Waals surface area contributed by atoms with Crippen molar-refractivity contribution < 1.29 is 18.9 Å². The van der Waals surface area contributed by atoms with E-state index in [4.69, 9.17) is 0 Å². The number of carbonyl (C=O) groups excluding carboxylic acids is 2. The molecule has 140 valence electrons. The van der Waals surface area contributed by atoms with Gasteiger partial charge in [0.15, 0.2) is 0 Å². The smallest absolute Gasteiger partial charge is 0.271 e. The normalized spacial score (nSPS) is 10.2. The molecule has 3 aromatic rings. The van der Waals surface area contributed by atoms with Crippen LogP contribution in [0.3, 0.4) is 0 Å². The fraction of sp³-hybridized carbons (Fsp3) is 0. The summed E-state index contributed by atoms with van der Waals surface area (Å²) in [6, 6.07) is 17.4. The van der Waals surface area contributed by atoms with Crippen LogP contribution in [0.15, 0.2) is 72.8 Å². The Morgan fingerprint density at radius 1 is 0.821 bits per heavy atom. The van der Waals surface area contributed by atoms with E-state index in [1.165, 1.54) is 12.1 Å². The standard InChI is InChI=1S/C20H14FN3O4/c21-17-10-9-16(24(27)28)12-18(17)23-20(26)14-7-4-8-15(11-14)22-19(25)13-5-2-1-3-6-13/h1-12H,(H,22,25)(H,23,26). The van der Waals surface area contributed by atoms with Crippen molar-refractivity contribution in [1.29, 1.82) is 0 Å². The highest BCUT2D eigenvalue weighted by Gasteiger charge is 2.15. The summed E-state index contributed by atoms with van der Waals surface area (Å²) in [5, 5.41) is 15.8. The van der Waals surface area contributed by atoms with E-state index in [0.717, 1.165) is 18.2 Å². The van der Waals surface area contributed by atoms with Crippen LogP contribution in [0.2, 0.25) is 0 Å². The number of rotatable bonds is 5. The molecule has 0 aliphatic carbocycles. The van der Waals surface area contributed by atoms with Crippen molar-refractivity contribution >= 4 is 28.9 Å². The van der Waals surface area contributed by atoms with E-state index in [9.17, 15) is 24.1 Å². The molecule has 0 aliphatic rings. The number of amides is 2. The van der Waals surface area contributed by atoms with Crippen LogP contribution >= 0.6 is 0 Å². The predicted molar refractivity (Wildman–Crippen MR) is 102 cm³/mol. The number of hydrogen-bond donors (Lipinski definition) is 2. The summed E-state index contributed by atoms with van der Waals surface area (Å²) >= 11 is 0. The Bertz CT molecular complexity index is 1050. The number of non-ortho nitro benzene ring substituents is 1. The molecule has 3 rings (SSSR count). The largest absolute Gasteiger partial charge is 0.322 e. The lowest BCUT2D eigenvalue weighted by atomic mass is 10.1. The van der Waals surface area contributed by atoms with E-state index in [2.05, 4.69) is 10.6 Å². The van der Waals surface area contributed by atoms with Gasteiger partial charge < -0.3 is 10.6 Å². The fourth-order valence-corrected chi connectivity index (χ4v) is 2.45. The Balaban J connectivity index is 1.77. The Morgan fingerprint density at radius 3 is 2.21 bits per heavy atom. The van der Waals surface area contributed by atoms with Crippen LogP contribution in [0.4, 0.5) is 21.5 Å². The molecule has 0 radical (unpaired) electrons. The quantitative estimate of drug-likeness (QED) is 0.511. The zero-order valence-corrected chi connectivity index (χ0v) is 14.4. The molecule has 3 aromatic carbocycles. The van der Waals surface area contributed by atoms with Crippen molar-refractivity contribution in [2.24, 2.45) is 0 Å².